The molecule has 0 spiro atoms. The second-order valence-corrected chi connectivity index (χ2v) is 8.06. The summed E-state index contributed by atoms with van der Waals surface area (Å²) in [5.41, 5.74) is 0.883. The van der Waals surface area contributed by atoms with Crippen molar-refractivity contribution in [3.05, 3.63) is 29.8 Å². The van der Waals surface area contributed by atoms with Crippen molar-refractivity contribution >= 4 is 9.84 Å². The third kappa shape index (κ3) is 5.72. The Hall–Kier alpha value is -0.910. The van der Waals surface area contributed by atoms with Crippen molar-refractivity contribution in [2.75, 3.05) is 19.3 Å². The Morgan fingerprint density at radius 3 is 2.16 bits per heavy atom. The Bertz CT molecular complexity index is 500. The summed E-state index contributed by atoms with van der Waals surface area (Å²) < 4.78 is 22.6. The number of aliphatic hydroxyl groups excluding tert-OH is 1. The molecule has 0 aliphatic heterocycles. The van der Waals surface area contributed by atoms with Gasteiger partial charge in [-0.05, 0) is 23.1 Å². The number of benzene rings is 1. The predicted octanol–water partition coefficient (Wildman–Crippen LogP) is 1.76. The summed E-state index contributed by atoms with van der Waals surface area (Å²) in [5, 5.41) is 13.2. The molecule has 0 bridgehead atoms. The van der Waals surface area contributed by atoms with E-state index in [1.54, 1.807) is 12.1 Å². The molecule has 1 rings (SSSR count). The summed E-state index contributed by atoms with van der Waals surface area (Å²) in [6.45, 7) is 7.62. The van der Waals surface area contributed by atoms with Crippen LogP contribution >= 0.6 is 0 Å². The average molecular weight is 285 g/mol. The zero-order chi connectivity index (χ0) is 14.7. The van der Waals surface area contributed by atoms with Gasteiger partial charge in [-0.3, -0.25) is 0 Å². The highest BCUT2D eigenvalue weighted by molar-refractivity contribution is 7.90. The van der Waals surface area contributed by atoms with Crippen LogP contribution in [0.4, 0.5) is 0 Å². The molecule has 19 heavy (non-hydrogen) atoms. The number of aliphatic hydroxyl groups is 1. The normalized spacial score (nSPS) is 14.4. The van der Waals surface area contributed by atoms with E-state index in [0.717, 1.165) is 6.54 Å². The average Bonchev–Trinajstić information content (AvgIpc) is 2.26. The van der Waals surface area contributed by atoms with E-state index in [9.17, 15) is 13.5 Å². The van der Waals surface area contributed by atoms with Crippen molar-refractivity contribution in [2.45, 2.75) is 31.8 Å². The lowest BCUT2D eigenvalue weighted by molar-refractivity contribution is 0.169. The number of hydrogen-bond donors (Lipinski definition) is 2. The molecule has 108 valence electrons. The minimum Gasteiger partial charge on any atom is -0.387 e. The second-order valence-electron chi connectivity index (χ2n) is 6.05. The first-order chi connectivity index (χ1) is 8.59. The molecule has 0 aromatic heterocycles. The van der Waals surface area contributed by atoms with Crippen molar-refractivity contribution in [1.29, 1.82) is 0 Å². The van der Waals surface area contributed by atoms with E-state index in [4.69, 9.17) is 0 Å². The molecule has 0 heterocycles. The van der Waals surface area contributed by atoms with Crippen LogP contribution in [-0.4, -0.2) is 32.9 Å². The molecule has 0 aliphatic carbocycles. The summed E-state index contributed by atoms with van der Waals surface area (Å²) in [7, 11) is -3.18. The number of hydrogen-bond acceptors (Lipinski definition) is 4. The van der Waals surface area contributed by atoms with Gasteiger partial charge in [0.1, 0.15) is 0 Å². The number of sulfone groups is 1. The summed E-state index contributed by atoms with van der Waals surface area (Å²) in [6.07, 6.45) is 0.541. The van der Waals surface area contributed by atoms with Crippen LogP contribution in [0.25, 0.3) is 0 Å². The van der Waals surface area contributed by atoms with Gasteiger partial charge in [0.25, 0.3) is 0 Å². The number of rotatable bonds is 5. The first-order valence-electron chi connectivity index (χ1n) is 6.28. The molecule has 0 saturated carbocycles. The largest absolute Gasteiger partial charge is 0.387 e. The minimum atomic E-state index is -3.18. The molecule has 1 aromatic carbocycles. The SMILES string of the molecule is CC(C)(C)CNCC(O)c1ccc(S(C)(=O)=O)cc1. The Morgan fingerprint density at radius 2 is 1.74 bits per heavy atom. The first kappa shape index (κ1) is 16.1. The van der Waals surface area contributed by atoms with E-state index in [-0.39, 0.29) is 10.3 Å². The maximum Gasteiger partial charge on any atom is 0.175 e. The molecule has 0 radical (unpaired) electrons. The molecule has 2 N–H and O–H groups in total. The molecular weight excluding hydrogens is 262 g/mol. The van der Waals surface area contributed by atoms with Gasteiger partial charge in [-0.1, -0.05) is 32.9 Å². The fraction of sp³-hybridized carbons (Fsp3) is 0.571. The predicted molar refractivity (Wildman–Crippen MR) is 76.8 cm³/mol. The van der Waals surface area contributed by atoms with Crippen LogP contribution in [0.1, 0.15) is 32.4 Å². The Labute approximate surface area is 115 Å². The van der Waals surface area contributed by atoms with Crippen LogP contribution in [0, 0.1) is 5.41 Å². The van der Waals surface area contributed by atoms with Crippen molar-refractivity contribution < 1.29 is 13.5 Å². The van der Waals surface area contributed by atoms with E-state index in [0.29, 0.717) is 12.1 Å². The highest BCUT2D eigenvalue weighted by atomic mass is 32.2. The molecule has 1 aromatic rings. The monoisotopic (exact) mass is 285 g/mol. The van der Waals surface area contributed by atoms with Crippen molar-refractivity contribution in [3.8, 4) is 0 Å². The minimum absolute atomic E-state index is 0.167. The summed E-state index contributed by atoms with van der Waals surface area (Å²) in [6, 6.07) is 6.36. The molecule has 0 amide bonds. The van der Waals surface area contributed by atoms with Gasteiger partial charge in [-0.15, -0.1) is 0 Å². The second kappa shape index (κ2) is 6.03. The van der Waals surface area contributed by atoms with Gasteiger partial charge in [0.15, 0.2) is 9.84 Å². The highest BCUT2D eigenvalue weighted by Crippen LogP contribution is 2.16. The zero-order valence-electron chi connectivity index (χ0n) is 12.0. The van der Waals surface area contributed by atoms with Gasteiger partial charge >= 0.3 is 0 Å². The highest BCUT2D eigenvalue weighted by Gasteiger charge is 2.13. The smallest absolute Gasteiger partial charge is 0.175 e. The van der Waals surface area contributed by atoms with Crippen LogP contribution < -0.4 is 5.32 Å². The van der Waals surface area contributed by atoms with E-state index in [2.05, 4.69) is 26.1 Å². The third-order valence-corrected chi connectivity index (χ3v) is 3.81. The van der Waals surface area contributed by atoms with Crippen LogP contribution in [0.5, 0.6) is 0 Å². The Kier molecular flexibility index (Phi) is 5.12. The third-order valence-electron chi connectivity index (χ3n) is 2.69. The topological polar surface area (TPSA) is 66.4 Å². The van der Waals surface area contributed by atoms with Crippen LogP contribution in [-0.2, 0) is 9.84 Å². The Balaban J connectivity index is 2.61. The van der Waals surface area contributed by atoms with Gasteiger partial charge in [0.05, 0.1) is 11.0 Å². The molecule has 1 atom stereocenters. The Morgan fingerprint density at radius 1 is 1.21 bits per heavy atom. The van der Waals surface area contributed by atoms with E-state index >= 15 is 0 Å². The number of nitrogens with one attached hydrogen (secondary N) is 1. The fourth-order valence-corrected chi connectivity index (χ4v) is 2.27. The van der Waals surface area contributed by atoms with Crippen LogP contribution in [0.3, 0.4) is 0 Å². The van der Waals surface area contributed by atoms with Crippen molar-refractivity contribution in [2.24, 2.45) is 5.41 Å². The lowest BCUT2D eigenvalue weighted by atomic mass is 9.97. The summed E-state index contributed by atoms with van der Waals surface area (Å²) >= 11 is 0. The lowest BCUT2D eigenvalue weighted by Crippen LogP contribution is -2.30. The lowest BCUT2D eigenvalue weighted by Gasteiger charge is -2.20. The van der Waals surface area contributed by atoms with Crippen LogP contribution in [0.2, 0.25) is 0 Å². The molecular formula is C14H23NO3S. The fourth-order valence-electron chi connectivity index (χ4n) is 1.64. The van der Waals surface area contributed by atoms with E-state index in [1.165, 1.54) is 18.4 Å². The van der Waals surface area contributed by atoms with E-state index < -0.39 is 15.9 Å². The van der Waals surface area contributed by atoms with E-state index in [1.807, 2.05) is 0 Å². The first-order valence-corrected chi connectivity index (χ1v) is 8.17. The van der Waals surface area contributed by atoms with Gasteiger partial charge in [-0.25, -0.2) is 8.42 Å². The van der Waals surface area contributed by atoms with Gasteiger partial charge in [0.2, 0.25) is 0 Å². The molecule has 0 fully saturated rings. The van der Waals surface area contributed by atoms with Crippen molar-refractivity contribution in [3.63, 3.8) is 0 Å². The summed E-state index contributed by atoms with van der Waals surface area (Å²) in [4.78, 5) is 0.270. The zero-order valence-corrected chi connectivity index (χ0v) is 12.8. The molecule has 0 saturated heterocycles. The quantitative estimate of drug-likeness (QED) is 0.865. The molecule has 5 heteroatoms. The molecule has 4 nitrogen and oxygen atoms in total. The molecule has 0 aliphatic rings. The maximum atomic E-state index is 11.3. The summed E-state index contributed by atoms with van der Waals surface area (Å²) in [5.74, 6) is 0. The maximum absolute atomic E-state index is 11.3. The van der Waals surface area contributed by atoms with Crippen LogP contribution in [0.15, 0.2) is 29.2 Å². The van der Waals surface area contributed by atoms with Gasteiger partial charge in [0, 0.05) is 19.3 Å². The van der Waals surface area contributed by atoms with Gasteiger partial charge in [-0.2, -0.15) is 0 Å². The molecule has 1 unspecified atom stereocenters. The van der Waals surface area contributed by atoms with Gasteiger partial charge < -0.3 is 10.4 Å². The standard InChI is InChI=1S/C14H23NO3S/c1-14(2,3)10-15-9-13(16)11-5-7-12(8-6-11)19(4,17)18/h5-8,13,15-16H,9-10H2,1-4H3. The van der Waals surface area contributed by atoms with Crippen molar-refractivity contribution in [1.82, 2.24) is 5.32 Å².